The zero-order valence-corrected chi connectivity index (χ0v) is 11.6. The first-order valence-corrected chi connectivity index (χ1v) is 7.44. The van der Waals surface area contributed by atoms with Crippen molar-refractivity contribution in [3.8, 4) is 0 Å². The molecule has 2 heteroatoms. The van der Waals surface area contributed by atoms with Gasteiger partial charge >= 0.3 is 0 Å². The number of likely N-dealkylation sites (tertiary alicyclic amines) is 1. The number of amides is 1. The van der Waals surface area contributed by atoms with Crippen molar-refractivity contribution in [3.63, 3.8) is 0 Å². The van der Waals surface area contributed by atoms with E-state index in [4.69, 9.17) is 0 Å². The van der Waals surface area contributed by atoms with Crippen LogP contribution >= 0.6 is 0 Å². The molecule has 4 unspecified atom stereocenters. The van der Waals surface area contributed by atoms with Crippen LogP contribution in [0.5, 0.6) is 0 Å². The predicted molar refractivity (Wildman–Crippen MR) is 70.6 cm³/mol. The van der Waals surface area contributed by atoms with Gasteiger partial charge in [0.2, 0.25) is 5.91 Å². The highest BCUT2D eigenvalue weighted by Crippen LogP contribution is 2.45. The lowest BCUT2D eigenvalue weighted by Gasteiger charge is -2.40. The van der Waals surface area contributed by atoms with Gasteiger partial charge < -0.3 is 4.90 Å². The maximum atomic E-state index is 12.5. The van der Waals surface area contributed by atoms with Crippen LogP contribution < -0.4 is 0 Å². The third-order valence-electron chi connectivity index (χ3n) is 4.90. The molecule has 2 aliphatic rings. The summed E-state index contributed by atoms with van der Waals surface area (Å²) >= 11 is 0. The molecular formula is C15H27NO. The van der Waals surface area contributed by atoms with E-state index in [0.717, 1.165) is 13.1 Å². The smallest absolute Gasteiger partial charge is 0.226 e. The van der Waals surface area contributed by atoms with Gasteiger partial charge in [0.15, 0.2) is 0 Å². The first-order valence-electron chi connectivity index (χ1n) is 7.44. The highest BCUT2D eigenvalue weighted by molar-refractivity contribution is 5.80. The average molecular weight is 237 g/mol. The Kier molecular flexibility index (Phi) is 4.11. The summed E-state index contributed by atoms with van der Waals surface area (Å²) in [6.45, 7) is 8.83. The van der Waals surface area contributed by atoms with Crippen molar-refractivity contribution in [2.24, 2.45) is 23.7 Å². The molecule has 98 valence electrons. The van der Waals surface area contributed by atoms with Crippen molar-refractivity contribution in [3.05, 3.63) is 0 Å². The summed E-state index contributed by atoms with van der Waals surface area (Å²) < 4.78 is 0. The molecule has 0 radical (unpaired) electrons. The van der Waals surface area contributed by atoms with E-state index in [1.807, 2.05) is 0 Å². The van der Waals surface area contributed by atoms with Gasteiger partial charge in [-0.1, -0.05) is 33.6 Å². The van der Waals surface area contributed by atoms with E-state index >= 15 is 0 Å². The van der Waals surface area contributed by atoms with E-state index < -0.39 is 0 Å². The standard InChI is InChI=1S/C15H27NO/c1-4-5-6-9-16-10-12(3)13-8-7-11(2)14(13)15(16)17/h11-14H,4-10H2,1-3H3. The van der Waals surface area contributed by atoms with E-state index in [2.05, 4.69) is 25.7 Å². The zero-order valence-electron chi connectivity index (χ0n) is 11.6. The number of piperidine rings is 1. The molecule has 2 rings (SSSR count). The molecule has 0 aromatic heterocycles. The first-order chi connectivity index (χ1) is 8.15. The maximum Gasteiger partial charge on any atom is 0.226 e. The molecule has 0 aromatic rings. The van der Waals surface area contributed by atoms with Gasteiger partial charge in [-0.15, -0.1) is 0 Å². The Morgan fingerprint density at radius 1 is 1.18 bits per heavy atom. The van der Waals surface area contributed by atoms with Crippen LogP contribution in [0.2, 0.25) is 0 Å². The van der Waals surface area contributed by atoms with E-state index in [-0.39, 0.29) is 0 Å². The van der Waals surface area contributed by atoms with Gasteiger partial charge in [-0.25, -0.2) is 0 Å². The van der Waals surface area contributed by atoms with Gasteiger partial charge in [-0.05, 0) is 37.0 Å². The van der Waals surface area contributed by atoms with Crippen LogP contribution in [0.15, 0.2) is 0 Å². The largest absolute Gasteiger partial charge is 0.342 e. The Bertz CT molecular complexity index is 276. The molecule has 0 spiro atoms. The van der Waals surface area contributed by atoms with Crippen LogP contribution in [-0.4, -0.2) is 23.9 Å². The molecule has 17 heavy (non-hydrogen) atoms. The van der Waals surface area contributed by atoms with Crippen LogP contribution in [0.1, 0.15) is 52.9 Å². The van der Waals surface area contributed by atoms with E-state index in [1.165, 1.54) is 32.1 Å². The summed E-state index contributed by atoms with van der Waals surface area (Å²) in [5.41, 5.74) is 0. The fourth-order valence-corrected chi connectivity index (χ4v) is 3.84. The molecule has 2 fully saturated rings. The Balaban J connectivity index is 1.98. The fourth-order valence-electron chi connectivity index (χ4n) is 3.84. The van der Waals surface area contributed by atoms with Crippen molar-refractivity contribution < 1.29 is 4.79 Å². The van der Waals surface area contributed by atoms with Crippen LogP contribution in [0.3, 0.4) is 0 Å². The monoisotopic (exact) mass is 237 g/mol. The molecule has 1 heterocycles. The van der Waals surface area contributed by atoms with Gasteiger partial charge in [-0.2, -0.15) is 0 Å². The maximum absolute atomic E-state index is 12.5. The lowest BCUT2D eigenvalue weighted by Crippen LogP contribution is -2.49. The summed E-state index contributed by atoms with van der Waals surface area (Å²) in [6, 6.07) is 0. The number of hydrogen-bond acceptors (Lipinski definition) is 1. The van der Waals surface area contributed by atoms with Crippen LogP contribution in [-0.2, 0) is 4.79 Å². The lowest BCUT2D eigenvalue weighted by molar-refractivity contribution is -0.144. The number of carbonyl (C=O) groups excluding carboxylic acids is 1. The molecule has 1 saturated heterocycles. The summed E-state index contributed by atoms with van der Waals surface area (Å²) in [5.74, 6) is 2.82. The van der Waals surface area contributed by atoms with Crippen LogP contribution in [0, 0.1) is 23.7 Å². The third-order valence-corrected chi connectivity index (χ3v) is 4.90. The second-order valence-electron chi connectivity index (χ2n) is 6.21. The van der Waals surface area contributed by atoms with Crippen molar-refractivity contribution in [1.82, 2.24) is 4.90 Å². The van der Waals surface area contributed by atoms with E-state index in [0.29, 0.717) is 29.6 Å². The Labute approximate surface area is 106 Å². The van der Waals surface area contributed by atoms with Gasteiger partial charge in [0.25, 0.3) is 0 Å². The Morgan fingerprint density at radius 3 is 2.65 bits per heavy atom. The molecule has 1 saturated carbocycles. The number of rotatable bonds is 4. The number of nitrogens with zero attached hydrogens (tertiary/aromatic N) is 1. The van der Waals surface area contributed by atoms with Crippen LogP contribution in [0.4, 0.5) is 0 Å². The van der Waals surface area contributed by atoms with Crippen LogP contribution in [0.25, 0.3) is 0 Å². The Hall–Kier alpha value is -0.530. The van der Waals surface area contributed by atoms with Gasteiger partial charge in [0.05, 0.1) is 0 Å². The van der Waals surface area contributed by atoms with Crippen molar-refractivity contribution in [2.45, 2.75) is 52.9 Å². The third kappa shape index (κ3) is 2.51. The highest BCUT2D eigenvalue weighted by Gasteiger charge is 2.46. The molecule has 0 aromatic carbocycles. The minimum Gasteiger partial charge on any atom is -0.342 e. The number of unbranched alkanes of at least 4 members (excludes halogenated alkanes) is 2. The minimum atomic E-state index is 0.348. The molecule has 4 atom stereocenters. The number of carbonyl (C=O) groups is 1. The summed E-state index contributed by atoms with van der Waals surface area (Å²) in [5, 5.41) is 0. The Morgan fingerprint density at radius 2 is 1.94 bits per heavy atom. The van der Waals surface area contributed by atoms with Crippen molar-refractivity contribution in [1.29, 1.82) is 0 Å². The quantitative estimate of drug-likeness (QED) is 0.687. The molecular weight excluding hydrogens is 210 g/mol. The fraction of sp³-hybridized carbons (Fsp3) is 0.933. The molecule has 2 nitrogen and oxygen atoms in total. The molecule has 0 bridgehead atoms. The molecule has 1 aliphatic carbocycles. The molecule has 1 amide bonds. The average Bonchev–Trinajstić information content (AvgIpc) is 2.68. The summed E-state index contributed by atoms with van der Waals surface area (Å²) in [6.07, 6.45) is 6.21. The van der Waals surface area contributed by atoms with Gasteiger partial charge in [-0.3, -0.25) is 4.79 Å². The lowest BCUT2D eigenvalue weighted by atomic mass is 9.78. The minimum absolute atomic E-state index is 0.348. The van der Waals surface area contributed by atoms with E-state index in [1.54, 1.807) is 0 Å². The molecule has 0 N–H and O–H groups in total. The summed E-state index contributed by atoms with van der Waals surface area (Å²) in [4.78, 5) is 14.6. The molecule has 1 aliphatic heterocycles. The highest BCUT2D eigenvalue weighted by atomic mass is 16.2. The van der Waals surface area contributed by atoms with E-state index in [9.17, 15) is 4.79 Å². The van der Waals surface area contributed by atoms with Crippen molar-refractivity contribution >= 4 is 5.91 Å². The number of hydrogen-bond donors (Lipinski definition) is 0. The van der Waals surface area contributed by atoms with Crippen molar-refractivity contribution in [2.75, 3.05) is 13.1 Å². The second-order valence-corrected chi connectivity index (χ2v) is 6.21. The SMILES string of the molecule is CCCCCN1CC(C)C2CCC(C)C2C1=O. The van der Waals surface area contributed by atoms with Gasteiger partial charge in [0, 0.05) is 19.0 Å². The summed E-state index contributed by atoms with van der Waals surface area (Å²) in [7, 11) is 0. The number of fused-ring (bicyclic) bond motifs is 1. The second kappa shape index (κ2) is 5.41. The zero-order chi connectivity index (χ0) is 12.4. The normalized spacial score (nSPS) is 37.4. The predicted octanol–water partition coefficient (Wildman–Crippen LogP) is 3.32. The van der Waals surface area contributed by atoms with Gasteiger partial charge in [0.1, 0.15) is 0 Å². The topological polar surface area (TPSA) is 20.3 Å². The first kappa shape index (κ1) is 12.9.